The van der Waals surface area contributed by atoms with E-state index in [1.807, 2.05) is 0 Å². The van der Waals surface area contributed by atoms with Gasteiger partial charge in [0.05, 0.1) is 16.7 Å². The average Bonchev–Trinajstić information content (AvgIpc) is 3.47. The molecule has 0 bridgehead atoms. The lowest BCUT2D eigenvalue weighted by Crippen LogP contribution is -2.48. The standard InChI is InChI=1S/C27H22F6N6O3/c28-26(29,30)16-41-19-7-5-17(6-8-19)15-38-9-11-39(12-10-38)25(40)18-13-34-22(35-14-18)23-36-24(42-37-23)20-3-1-2-4-21(20)27(31,32)33/h1-8,13-14H,9-12,15-16H2. The zero-order valence-corrected chi connectivity index (χ0v) is 21.7. The number of carbonyl (C=O) groups is 1. The molecule has 1 saturated heterocycles. The fraction of sp³-hybridized carbons (Fsp3) is 0.296. The first-order valence-corrected chi connectivity index (χ1v) is 12.6. The molecular formula is C27H22F6N6O3. The minimum atomic E-state index is -4.61. The predicted octanol–water partition coefficient (Wildman–Crippen LogP) is 5.11. The molecule has 0 radical (unpaired) electrons. The van der Waals surface area contributed by atoms with E-state index >= 15 is 0 Å². The zero-order valence-electron chi connectivity index (χ0n) is 21.7. The second kappa shape index (κ2) is 11.8. The monoisotopic (exact) mass is 592 g/mol. The molecule has 1 fully saturated rings. The fourth-order valence-electron chi connectivity index (χ4n) is 4.30. The number of nitrogens with zero attached hydrogens (tertiary/aromatic N) is 6. The van der Waals surface area contributed by atoms with Gasteiger partial charge >= 0.3 is 12.4 Å². The van der Waals surface area contributed by atoms with Crippen LogP contribution in [0.3, 0.4) is 0 Å². The first kappa shape index (κ1) is 29.0. The van der Waals surface area contributed by atoms with Crippen molar-refractivity contribution >= 4 is 5.91 Å². The highest BCUT2D eigenvalue weighted by molar-refractivity contribution is 5.93. The number of aromatic nitrogens is 4. The van der Waals surface area contributed by atoms with Crippen molar-refractivity contribution in [2.75, 3.05) is 32.8 Å². The molecule has 2 aromatic carbocycles. The smallest absolute Gasteiger partial charge is 0.422 e. The maximum atomic E-state index is 13.3. The third-order valence-corrected chi connectivity index (χ3v) is 6.38. The number of hydrogen-bond acceptors (Lipinski definition) is 8. The molecule has 2 aromatic heterocycles. The Balaban J connectivity index is 1.15. The van der Waals surface area contributed by atoms with Crippen LogP contribution in [0.15, 0.2) is 65.4 Å². The number of alkyl halides is 6. The number of hydrogen-bond donors (Lipinski definition) is 0. The molecule has 1 aliphatic heterocycles. The molecule has 9 nitrogen and oxygen atoms in total. The van der Waals surface area contributed by atoms with Gasteiger partial charge in [0.2, 0.25) is 11.6 Å². The summed E-state index contributed by atoms with van der Waals surface area (Å²) in [5, 5.41) is 3.69. The van der Waals surface area contributed by atoms with Gasteiger partial charge in [0.25, 0.3) is 11.8 Å². The van der Waals surface area contributed by atoms with Crippen molar-refractivity contribution < 1.29 is 40.4 Å². The molecule has 1 amide bonds. The summed E-state index contributed by atoms with van der Waals surface area (Å²) < 4.78 is 86.7. The van der Waals surface area contributed by atoms with Gasteiger partial charge in [-0.3, -0.25) is 9.69 Å². The molecule has 0 aliphatic carbocycles. The van der Waals surface area contributed by atoms with Crippen LogP contribution in [0.4, 0.5) is 26.3 Å². The second-order valence-corrected chi connectivity index (χ2v) is 9.38. The van der Waals surface area contributed by atoms with Crippen LogP contribution in [-0.4, -0.2) is 74.8 Å². The van der Waals surface area contributed by atoms with Crippen LogP contribution in [0.1, 0.15) is 21.5 Å². The largest absolute Gasteiger partial charge is 0.484 e. The Morgan fingerprint density at radius 3 is 2.19 bits per heavy atom. The Hall–Kier alpha value is -4.53. The molecule has 0 saturated carbocycles. The Morgan fingerprint density at radius 1 is 0.881 bits per heavy atom. The van der Waals surface area contributed by atoms with E-state index in [0.29, 0.717) is 32.7 Å². The van der Waals surface area contributed by atoms with E-state index in [0.717, 1.165) is 11.6 Å². The molecule has 0 spiro atoms. The molecule has 42 heavy (non-hydrogen) atoms. The van der Waals surface area contributed by atoms with Gasteiger partial charge in [0, 0.05) is 45.1 Å². The number of rotatable bonds is 7. The molecule has 4 aromatic rings. The Labute approximate surface area is 234 Å². The summed E-state index contributed by atoms with van der Waals surface area (Å²) in [6.07, 6.45) is -6.44. The lowest BCUT2D eigenvalue weighted by molar-refractivity contribution is -0.153. The van der Waals surface area contributed by atoms with Gasteiger partial charge in [-0.05, 0) is 29.8 Å². The van der Waals surface area contributed by atoms with Gasteiger partial charge in [-0.2, -0.15) is 31.3 Å². The van der Waals surface area contributed by atoms with Crippen molar-refractivity contribution in [3.05, 3.63) is 77.6 Å². The topological polar surface area (TPSA) is 97.5 Å². The maximum Gasteiger partial charge on any atom is 0.422 e. The molecule has 0 N–H and O–H groups in total. The van der Waals surface area contributed by atoms with E-state index in [1.54, 1.807) is 17.0 Å². The number of halogens is 6. The molecule has 0 unspecified atom stereocenters. The number of ether oxygens (including phenoxy) is 1. The molecule has 0 atom stereocenters. The van der Waals surface area contributed by atoms with E-state index < -0.39 is 24.5 Å². The van der Waals surface area contributed by atoms with E-state index in [-0.39, 0.29) is 40.3 Å². The maximum absolute atomic E-state index is 13.3. The zero-order chi connectivity index (χ0) is 29.9. The summed E-state index contributed by atoms with van der Waals surface area (Å²) in [5.41, 5.74) is -0.0893. The number of carbonyl (C=O) groups excluding carboxylic acids is 1. The van der Waals surface area contributed by atoms with Gasteiger partial charge in [0.15, 0.2) is 6.61 Å². The van der Waals surface area contributed by atoms with Crippen LogP contribution in [0.2, 0.25) is 0 Å². The van der Waals surface area contributed by atoms with E-state index in [4.69, 9.17) is 9.26 Å². The third kappa shape index (κ3) is 7.02. The van der Waals surface area contributed by atoms with Crippen molar-refractivity contribution in [1.82, 2.24) is 29.9 Å². The van der Waals surface area contributed by atoms with Crippen LogP contribution < -0.4 is 4.74 Å². The fourth-order valence-corrected chi connectivity index (χ4v) is 4.30. The molecular weight excluding hydrogens is 570 g/mol. The van der Waals surface area contributed by atoms with Crippen molar-refractivity contribution in [3.63, 3.8) is 0 Å². The summed E-state index contributed by atoms with van der Waals surface area (Å²) in [6.45, 7) is 1.21. The van der Waals surface area contributed by atoms with Crippen LogP contribution in [0.5, 0.6) is 5.75 Å². The highest BCUT2D eigenvalue weighted by atomic mass is 19.4. The van der Waals surface area contributed by atoms with Crippen LogP contribution in [0.25, 0.3) is 23.1 Å². The van der Waals surface area contributed by atoms with E-state index in [1.165, 1.54) is 42.7 Å². The van der Waals surface area contributed by atoms with Crippen LogP contribution in [-0.2, 0) is 12.7 Å². The summed E-state index contributed by atoms with van der Waals surface area (Å²) in [7, 11) is 0. The first-order chi connectivity index (χ1) is 20.0. The predicted molar refractivity (Wildman–Crippen MR) is 135 cm³/mol. The third-order valence-electron chi connectivity index (χ3n) is 6.38. The van der Waals surface area contributed by atoms with Crippen molar-refractivity contribution in [3.8, 4) is 28.9 Å². The van der Waals surface area contributed by atoms with Crippen molar-refractivity contribution in [2.45, 2.75) is 18.9 Å². The summed E-state index contributed by atoms with van der Waals surface area (Å²) in [6, 6.07) is 11.2. The Morgan fingerprint density at radius 2 is 1.55 bits per heavy atom. The van der Waals surface area contributed by atoms with Gasteiger partial charge in [-0.15, -0.1) is 0 Å². The lowest BCUT2D eigenvalue weighted by Gasteiger charge is -2.34. The van der Waals surface area contributed by atoms with E-state index in [2.05, 4.69) is 25.0 Å². The Bertz CT molecular complexity index is 1520. The molecule has 1 aliphatic rings. The SMILES string of the molecule is O=C(c1cnc(-c2noc(-c3ccccc3C(F)(F)F)n2)nc1)N1CCN(Cc2ccc(OCC(F)(F)F)cc2)CC1. The first-order valence-electron chi connectivity index (χ1n) is 12.6. The Kier molecular flexibility index (Phi) is 8.11. The number of piperazine rings is 1. The average molecular weight is 593 g/mol. The van der Waals surface area contributed by atoms with Crippen molar-refractivity contribution in [1.29, 1.82) is 0 Å². The molecule has 220 valence electrons. The van der Waals surface area contributed by atoms with Gasteiger partial charge in [0.1, 0.15) is 5.75 Å². The van der Waals surface area contributed by atoms with Crippen LogP contribution in [0, 0.1) is 0 Å². The lowest BCUT2D eigenvalue weighted by atomic mass is 10.1. The van der Waals surface area contributed by atoms with Gasteiger partial charge in [-0.25, -0.2) is 9.97 Å². The number of benzene rings is 2. The van der Waals surface area contributed by atoms with E-state index in [9.17, 15) is 31.1 Å². The van der Waals surface area contributed by atoms with Gasteiger partial charge in [-0.1, -0.05) is 29.4 Å². The summed E-state index contributed by atoms with van der Waals surface area (Å²) in [5.74, 6) is -0.655. The summed E-state index contributed by atoms with van der Waals surface area (Å²) in [4.78, 5) is 28.9. The molecule has 5 rings (SSSR count). The van der Waals surface area contributed by atoms with Gasteiger partial charge < -0.3 is 14.2 Å². The highest BCUT2D eigenvalue weighted by Gasteiger charge is 2.35. The molecule has 15 heteroatoms. The number of amides is 1. The summed E-state index contributed by atoms with van der Waals surface area (Å²) >= 11 is 0. The quantitative estimate of drug-likeness (QED) is 0.273. The second-order valence-electron chi connectivity index (χ2n) is 9.38. The van der Waals surface area contributed by atoms with Crippen LogP contribution >= 0.6 is 0 Å². The molecule has 3 heterocycles. The normalized spacial score (nSPS) is 14.7. The van der Waals surface area contributed by atoms with Crippen molar-refractivity contribution in [2.24, 2.45) is 0 Å². The highest BCUT2D eigenvalue weighted by Crippen LogP contribution is 2.36. The minimum absolute atomic E-state index is 0.0225. The minimum Gasteiger partial charge on any atom is -0.484 e.